The number of rotatable bonds is 3. The third-order valence-electron chi connectivity index (χ3n) is 4.12. The normalized spacial score (nSPS) is 22.5. The number of carbonyl (C=O) groups excluding carboxylic acids is 1. The molecular formula is C15H16FNO4S. The average molecular weight is 325 g/mol. The lowest BCUT2D eigenvalue weighted by Crippen LogP contribution is -2.59. The summed E-state index contributed by atoms with van der Waals surface area (Å²) in [6.45, 7) is 0. The van der Waals surface area contributed by atoms with Gasteiger partial charge in [-0.3, -0.25) is 4.79 Å². The number of hydrogen-bond acceptors (Lipinski definition) is 4. The number of carboxylic acids is 1. The van der Waals surface area contributed by atoms with Crippen molar-refractivity contribution in [1.29, 1.82) is 0 Å². The van der Waals surface area contributed by atoms with Crippen molar-refractivity contribution in [2.24, 2.45) is 0 Å². The minimum Gasteiger partial charge on any atom is -0.480 e. The molecule has 2 aliphatic rings. The van der Waals surface area contributed by atoms with Crippen LogP contribution in [0.25, 0.3) is 0 Å². The molecule has 2 N–H and O–H groups in total. The van der Waals surface area contributed by atoms with E-state index >= 15 is 0 Å². The number of carbonyl (C=O) groups is 2. The lowest BCUT2D eigenvalue weighted by molar-refractivity contribution is -0.149. The number of nitrogens with one attached hydrogen (secondary N) is 1. The molecule has 0 aliphatic carbocycles. The van der Waals surface area contributed by atoms with Crippen LogP contribution in [0.1, 0.15) is 18.4 Å². The number of thioether (sulfide) groups is 1. The van der Waals surface area contributed by atoms with Gasteiger partial charge in [0.1, 0.15) is 5.54 Å². The highest BCUT2D eigenvalue weighted by Gasteiger charge is 2.43. The van der Waals surface area contributed by atoms with E-state index in [9.17, 15) is 19.1 Å². The second kappa shape index (κ2) is 5.79. The van der Waals surface area contributed by atoms with E-state index in [0.717, 1.165) is 0 Å². The van der Waals surface area contributed by atoms with E-state index in [4.69, 9.17) is 4.74 Å². The number of amides is 1. The Bertz CT molecular complexity index is 616. The van der Waals surface area contributed by atoms with Crippen LogP contribution in [0.4, 0.5) is 4.39 Å². The number of fused-ring (bicyclic) bond motifs is 1. The van der Waals surface area contributed by atoms with E-state index in [1.54, 1.807) is 23.9 Å². The first-order valence-corrected chi connectivity index (χ1v) is 8.24. The first kappa shape index (κ1) is 15.1. The molecule has 0 bridgehead atoms. The average Bonchev–Trinajstić information content (AvgIpc) is 2.94. The smallest absolute Gasteiger partial charge is 0.329 e. The molecule has 118 valence electrons. The molecule has 1 unspecified atom stereocenters. The van der Waals surface area contributed by atoms with Crippen molar-refractivity contribution in [2.75, 3.05) is 11.5 Å². The second-order valence-corrected chi connectivity index (χ2v) is 6.75. The van der Waals surface area contributed by atoms with Crippen LogP contribution in [0.5, 0.6) is 5.75 Å². The molecule has 1 aromatic carbocycles. The van der Waals surface area contributed by atoms with Crippen LogP contribution in [-0.2, 0) is 16.0 Å². The van der Waals surface area contributed by atoms with E-state index in [-0.39, 0.29) is 12.2 Å². The SMILES string of the molecule is O=C(NC1(C(=O)O)CCSCC1)C1Cc2cccc(F)c2O1. The third-order valence-corrected chi connectivity index (χ3v) is 5.11. The lowest BCUT2D eigenvalue weighted by atomic mass is 9.91. The van der Waals surface area contributed by atoms with Crippen molar-refractivity contribution in [1.82, 2.24) is 5.32 Å². The number of halogens is 1. The van der Waals surface area contributed by atoms with E-state index in [1.807, 2.05) is 0 Å². The first-order valence-electron chi connectivity index (χ1n) is 7.09. The number of benzene rings is 1. The standard InChI is InChI=1S/C15H16FNO4S/c16-10-3-1-2-9-8-11(21-12(9)10)13(18)17-15(14(19)20)4-6-22-7-5-15/h1-3,11H,4-8H2,(H,17,18)(H,19,20). The molecule has 1 fully saturated rings. The molecule has 0 spiro atoms. The van der Waals surface area contributed by atoms with Crippen molar-refractivity contribution < 1.29 is 23.8 Å². The van der Waals surface area contributed by atoms with Crippen molar-refractivity contribution in [3.05, 3.63) is 29.6 Å². The van der Waals surface area contributed by atoms with Gasteiger partial charge in [-0.05, 0) is 30.4 Å². The first-order chi connectivity index (χ1) is 10.5. The lowest BCUT2D eigenvalue weighted by Gasteiger charge is -2.34. The Balaban J connectivity index is 1.73. The predicted octanol–water partition coefficient (Wildman–Crippen LogP) is 1.60. The highest BCUT2D eigenvalue weighted by atomic mass is 32.2. The molecule has 0 radical (unpaired) electrons. The maximum atomic E-state index is 13.6. The maximum absolute atomic E-state index is 13.6. The van der Waals surface area contributed by atoms with Gasteiger partial charge in [0.15, 0.2) is 17.7 Å². The summed E-state index contributed by atoms with van der Waals surface area (Å²) in [6.07, 6.45) is 0.140. The van der Waals surface area contributed by atoms with E-state index < -0.39 is 29.3 Å². The summed E-state index contributed by atoms with van der Waals surface area (Å²) in [7, 11) is 0. The summed E-state index contributed by atoms with van der Waals surface area (Å²) in [5, 5.41) is 12.1. The fourth-order valence-corrected chi connectivity index (χ4v) is 3.99. The van der Waals surface area contributed by atoms with Crippen LogP contribution in [0.15, 0.2) is 18.2 Å². The molecule has 0 aromatic heterocycles. The van der Waals surface area contributed by atoms with Gasteiger partial charge in [0.05, 0.1) is 0 Å². The van der Waals surface area contributed by atoms with Gasteiger partial charge in [0.25, 0.3) is 5.91 Å². The van der Waals surface area contributed by atoms with E-state index in [1.165, 1.54) is 6.07 Å². The zero-order valence-corrected chi connectivity index (χ0v) is 12.6. The summed E-state index contributed by atoms with van der Waals surface area (Å²) < 4.78 is 19.0. The number of hydrogen-bond donors (Lipinski definition) is 2. The van der Waals surface area contributed by atoms with Crippen LogP contribution in [0.3, 0.4) is 0 Å². The largest absolute Gasteiger partial charge is 0.480 e. The van der Waals surface area contributed by atoms with Gasteiger partial charge < -0.3 is 15.2 Å². The highest BCUT2D eigenvalue weighted by Crippen LogP contribution is 2.32. The molecule has 5 nitrogen and oxygen atoms in total. The Hall–Kier alpha value is -1.76. The van der Waals surface area contributed by atoms with Gasteiger partial charge in [-0.2, -0.15) is 11.8 Å². The number of aliphatic carboxylic acids is 1. The van der Waals surface area contributed by atoms with Gasteiger partial charge >= 0.3 is 5.97 Å². The fourth-order valence-electron chi connectivity index (χ4n) is 2.80. The molecule has 7 heteroatoms. The Morgan fingerprint density at radius 2 is 2.09 bits per heavy atom. The predicted molar refractivity (Wildman–Crippen MR) is 79.6 cm³/mol. The minimum absolute atomic E-state index is 0.0891. The summed E-state index contributed by atoms with van der Waals surface area (Å²) in [5.74, 6) is -0.561. The van der Waals surface area contributed by atoms with Gasteiger partial charge in [-0.1, -0.05) is 12.1 Å². The van der Waals surface area contributed by atoms with Gasteiger partial charge in [0.2, 0.25) is 0 Å². The van der Waals surface area contributed by atoms with Crippen LogP contribution >= 0.6 is 11.8 Å². The molecule has 22 heavy (non-hydrogen) atoms. The molecule has 2 aliphatic heterocycles. The quantitative estimate of drug-likeness (QED) is 0.883. The molecule has 1 atom stereocenters. The number of para-hydroxylation sites is 1. The minimum atomic E-state index is -1.24. The fraction of sp³-hybridized carbons (Fsp3) is 0.467. The van der Waals surface area contributed by atoms with E-state index in [0.29, 0.717) is 29.9 Å². The van der Waals surface area contributed by atoms with Crippen LogP contribution < -0.4 is 10.1 Å². The van der Waals surface area contributed by atoms with Gasteiger partial charge in [-0.25, -0.2) is 9.18 Å². The Morgan fingerprint density at radius 1 is 1.36 bits per heavy atom. The van der Waals surface area contributed by atoms with Gasteiger partial charge in [0, 0.05) is 12.0 Å². The van der Waals surface area contributed by atoms with Gasteiger partial charge in [-0.15, -0.1) is 0 Å². The summed E-state index contributed by atoms with van der Waals surface area (Å²) in [6, 6.07) is 4.54. The Kier molecular flexibility index (Phi) is 3.99. The Morgan fingerprint density at radius 3 is 2.73 bits per heavy atom. The zero-order chi connectivity index (χ0) is 15.7. The summed E-state index contributed by atoms with van der Waals surface area (Å²) in [4.78, 5) is 23.9. The van der Waals surface area contributed by atoms with Crippen LogP contribution in [0.2, 0.25) is 0 Å². The van der Waals surface area contributed by atoms with Crippen molar-refractivity contribution in [2.45, 2.75) is 30.9 Å². The van der Waals surface area contributed by atoms with E-state index in [2.05, 4.69) is 5.32 Å². The van der Waals surface area contributed by atoms with Crippen molar-refractivity contribution in [3.63, 3.8) is 0 Å². The van der Waals surface area contributed by atoms with Crippen molar-refractivity contribution in [3.8, 4) is 5.75 Å². The molecule has 2 heterocycles. The molecular weight excluding hydrogens is 309 g/mol. The zero-order valence-electron chi connectivity index (χ0n) is 11.8. The monoisotopic (exact) mass is 325 g/mol. The summed E-state index contributed by atoms with van der Waals surface area (Å²) >= 11 is 1.67. The number of carboxylic acid groups (broad SMARTS) is 1. The molecule has 1 aromatic rings. The maximum Gasteiger partial charge on any atom is 0.329 e. The number of ether oxygens (including phenoxy) is 1. The topological polar surface area (TPSA) is 75.6 Å². The second-order valence-electron chi connectivity index (χ2n) is 5.53. The van der Waals surface area contributed by atoms with Crippen LogP contribution in [-0.4, -0.2) is 40.1 Å². The molecule has 1 saturated heterocycles. The van der Waals surface area contributed by atoms with Crippen LogP contribution in [0, 0.1) is 5.82 Å². The Labute approximate surface area is 131 Å². The third kappa shape index (κ3) is 2.65. The molecule has 3 rings (SSSR count). The molecule has 1 amide bonds. The van der Waals surface area contributed by atoms with Crippen molar-refractivity contribution >= 4 is 23.6 Å². The summed E-state index contributed by atoms with van der Waals surface area (Å²) in [5.41, 5.74) is -0.609. The highest BCUT2D eigenvalue weighted by molar-refractivity contribution is 7.99. The molecule has 0 saturated carbocycles.